The van der Waals surface area contributed by atoms with Crippen molar-refractivity contribution in [3.8, 4) is 0 Å². The van der Waals surface area contributed by atoms with Gasteiger partial charge in [0.15, 0.2) is 0 Å². The van der Waals surface area contributed by atoms with Gasteiger partial charge in [-0.25, -0.2) is 4.98 Å². The largest absolute Gasteiger partial charge is 0.337 e. The zero-order valence-electron chi connectivity index (χ0n) is 10.0. The molecule has 1 aromatic rings. The number of rotatable bonds is 4. The number of aromatic nitrogens is 2. The molecular weight excluding hydrogens is 198 g/mol. The van der Waals surface area contributed by atoms with E-state index in [0.717, 1.165) is 30.1 Å². The lowest BCUT2D eigenvalue weighted by atomic mass is 9.89. The maximum atomic E-state index is 4.33. The van der Waals surface area contributed by atoms with Crippen LogP contribution in [0.2, 0.25) is 0 Å². The fourth-order valence-corrected chi connectivity index (χ4v) is 3.56. The average Bonchev–Trinajstić information content (AvgIpc) is 2.96. The maximum absolute atomic E-state index is 4.33. The first-order valence-electron chi connectivity index (χ1n) is 6.50. The summed E-state index contributed by atoms with van der Waals surface area (Å²) in [6.45, 7) is 2.10. The molecule has 2 saturated carbocycles. The number of aryl methyl sites for hydroxylation is 1. The van der Waals surface area contributed by atoms with Gasteiger partial charge in [-0.3, -0.25) is 0 Å². The Labute approximate surface area is 97.3 Å². The third kappa shape index (κ3) is 1.88. The number of nitrogens with zero attached hydrogens (tertiary/aromatic N) is 2. The molecule has 2 aliphatic carbocycles. The molecule has 3 heteroatoms. The number of hydrogen-bond donors (Lipinski definition) is 1. The van der Waals surface area contributed by atoms with Crippen molar-refractivity contribution in [2.45, 2.75) is 32.2 Å². The lowest BCUT2D eigenvalue weighted by Gasteiger charge is -2.21. The first kappa shape index (κ1) is 10.3. The van der Waals surface area contributed by atoms with Crippen molar-refractivity contribution in [1.82, 2.24) is 14.9 Å². The van der Waals surface area contributed by atoms with E-state index in [1.165, 1.54) is 32.2 Å². The van der Waals surface area contributed by atoms with Gasteiger partial charge < -0.3 is 9.88 Å². The summed E-state index contributed by atoms with van der Waals surface area (Å²) in [7, 11) is 2.06. The van der Waals surface area contributed by atoms with Crippen molar-refractivity contribution < 1.29 is 0 Å². The van der Waals surface area contributed by atoms with Crippen molar-refractivity contribution in [2.75, 3.05) is 6.54 Å². The highest BCUT2D eigenvalue weighted by Crippen LogP contribution is 2.47. The molecule has 3 rings (SSSR count). The molecule has 0 spiro atoms. The minimum atomic E-state index is 0.914. The van der Waals surface area contributed by atoms with Crippen LogP contribution >= 0.6 is 0 Å². The van der Waals surface area contributed by atoms with Crippen molar-refractivity contribution >= 4 is 0 Å². The van der Waals surface area contributed by atoms with Gasteiger partial charge >= 0.3 is 0 Å². The van der Waals surface area contributed by atoms with Crippen LogP contribution in [0.5, 0.6) is 0 Å². The van der Waals surface area contributed by atoms with Gasteiger partial charge in [-0.15, -0.1) is 0 Å². The van der Waals surface area contributed by atoms with Crippen LogP contribution in [0.1, 0.15) is 31.5 Å². The zero-order valence-corrected chi connectivity index (χ0v) is 10.0. The fraction of sp³-hybridized carbons (Fsp3) is 0.769. The van der Waals surface area contributed by atoms with E-state index in [1.807, 2.05) is 12.4 Å². The number of nitrogens with one attached hydrogen (secondary N) is 1. The van der Waals surface area contributed by atoms with Crippen LogP contribution < -0.4 is 5.32 Å². The van der Waals surface area contributed by atoms with Crippen LogP contribution in [0, 0.1) is 17.8 Å². The quantitative estimate of drug-likeness (QED) is 0.838. The molecular formula is C13H21N3. The molecule has 0 radical (unpaired) electrons. The van der Waals surface area contributed by atoms with Gasteiger partial charge in [0.25, 0.3) is 0 Å². The number of fused-ring (bicyclic) bond motifs is 2. The van der Waals surface area contributed by atoms with Gasteiger partial charge in [-0.05, 0) is 43.6 Å². The van der Waals surface area contributed by atoms with Crippen LogP contribution in [0.3, 0.4) is 0 Å². The SMILES string of the molecule is Cn1ccnc1CNCC1CC2CCC1C2. The maximum Gasteiger partial charge on any atom is 0.122 e. The van der Waals surface area contributed by atoms with Crippen LogP contribution in [0.25, 0.3) is 0 Å². The standard InChI is InChI=1S/C13H21N3/c1-16-5-4-15-13(16)9-14-8-12-7-10-2-3-11(12)6-10/h4-5,10-12,14H,2-3,6-9H2,1H3. The molecule has 0 aliphatic heterocycles. The Morgan fingerprint density at radius 1 is 1.44 bits per heavy atom. The monoisotopic (exact) mass is 219 g/mol. The predicted octanol–water partition coefficient (Wildman–Crippen LogP) is 1.95. The summed E-state index contributed by atoms with van der Waals surface area (Å²) in [5, 5.41) is 3.57. The van der Waals surface area contributed by atoms with Crippen LogP contribution in [0.15, 0.2) is 12.4 Å². The smallest absolute Gasteiger partial charge is 0.122 e. The molecule has 3 atom stereocenters. The fourth-order valence-electron chi connectivity index (χ4n) is 3.56. The van der Waals surface area contributed by atoms with E-state index in [2.05, 4.69) is 21.9 Å². The molecule has 16 heavy (non-hydrogen) atoms. The van der Waals surface area contributed by atoms with Crippen LogP contribution in [-0.4, -0.2) is 16.1 Å². The summed E-state index contributed by atoms with van der Waals surface area (Å²) in [6, 6.07) is 0. The molecule has 0 aromatic carbocycles. The molecule has 2 fully saturated rings. The third-order valence-corrected chi connectivity index (χ3v) is 4.50. The van der Waals surface area contributed by atoms with Gasteiger partial charge in [-0.2, -0.15) is 0 Å². The Bertz CT molecular complexity index is 358. The Hall–Kier alpha value is -0.830. The van der Waals surface area contributed by atoms with E-state index in [9.17, 15) is 0 Å². The number of hydrogen-bond acceptors (Lipinski definition) is 2. The second kappa shape index (κ2) is 4.21. The molecule has 3 nitrogen and oxygen atoms in total. The van der Waals surface area contributed by atoms with E-state index in [4.69, 9.17) is 0 Å². The van der Waals surface area contributed by atoms with Gasteiger partial charge in [0.1, 0.15) is 5.82 Å². The van der Waals surface area contributed by atoms with Crippen molar-refractivity contribution in [3.05, 3.63) is 18.2 Å². The molecule has 1 heterocycles. The molecule has 2 bridgehead atoms. The molecule has 0 amide bonds. The molecule has 1 aromatic heterocycles. The molecule has 1 N–H and O–H groups in total. The average molecular weight is 219 g/mol. The highest BCUT2D eigenvalue weighted by molar-refractivity contribution is 4.93. The normalized spacial score (nSPS) is 32.4. The second-order valence-corrected chi connectivity index (χ2v) is 5.52. The second-order valence-electron chi connectivity index (χ2n) is 5.52. The van der Waals surface area contributed by atoms with Crippen molar-refractivity contribution in [3.63, 3.8) is 0 Å². The van der Waals surface area contributed by atoms with Crippen molar-refractivity contribution in [2.24, 2.45) is 24.8 Å². The molecule has 0 saturated heterocycles. The summed E-state index contributed by atoms with van der Waals surface area (Å²) in [5.41, 5.74) is 0. The van der Waals surface area contributed by atoms with Crippen LogP contribution in [-0.2, 0) is 13.6 Å². The molecule has 88 valence electrons. The van der Waals surface area contributed by atoms with Crippen molar-refractivity contribution in [1.29, 1.82) is 0 Å². The third-order valence-electron chi connectivity index (χ3n) is 4.50. The minimum Gasteiger partial charge on any atom is -0.337 e. The summed E-state index contributed by atoms with van der Waals surface area (Å²) >= 11 is 0. The Kier molecular flexibility index (Phi) is 2.72. The van der Waals surface area contributed by atoms with E-state index in [0.29, 0.717) is 0 Å². The first-order valence-corrected chi connectivity index (χ1v) is 6.50. The highest BCUT2D eigenvalue weighted by atomic mass is 15.1. The van der Waals surface area contributed by atoms with Gasteiger partial charge in [0.2, 0.25) is 0 Å². The molecule has 2 aliphatic rings. The Morgan fingerprint density at radius 2 is 2.38 bits per heavy atom. The summed E-state index contributed by atoms with van der Waals surface area (Å²) in [6.07, 6.45) is 9.84. The van der Waals surface area contributed by atoms with Gasteiger partial charge in [0.05, 0.1) is 6.54 Å². The van der Waals surface area contributed by atoms with Gasteiger partial charge in [0, 0.05) is 19.4 Å². The van der Waals surface area contributed by atoms with Gasteiger partial charge in [-0.1, -0.05) is 6.42 Å². The topological polar surface area (TPSA) is 29.9 Å². The van der Waals surface area contributed by atoms with Crippen LogP contribution in [0.4, 0.5) is 0 Å². The molecule has 3 unspecified atom stereocenters. The number of imidazole rings is 1. The summed E-state index contributed by atoms with van der Waals surface area (Å²) in [4.78, 5) is 4.33. The van der Waals surface area contributed by atoms with E-state index in [-0.39, 0.29) is 0 Å². The van der Waals surface area contributed by atoms with E-state index < -0.39 is 0 Å². The predicted molar refractivity (Wildman–Crippen MR) is 63.9 cm³/mol. The lowest BCUT2D eigenvalue weighted by Crippen LogP contribution is -2.27. The minimum absolute atomic E-state index is 0.914. The lowest BCUT2D eigenvalue weighted by molar-refractivity contribution is 0.317. The Morgan fingerprint density at radius 3 is 3.00 bits per heavy atom. The van der Waals surface area contributed by atoms with E-state index in [1.54, 1.807) is 0 Å². The van der Waals surface area contributed by atoms with E-state index >= 15 is 0 Å². The highest BCUT2D eigenvalue weighted by Gasteiger charge is 2.38. The zero-order chi connectivity index (χ0) is 11.0. The first-order chi connectivity index (χ1) is 7.83. The summed E-state index contributed by atoms with van der Waals surface area (Å²) in [5.74, 6) is 4.17. The Balaban J connectivity index is 1.46. The summed E-state index contributed by atoms with van der Waals surface area (Å²) < 4.78 is 2.09.